The van der Waals surface area contributed by atoms with E-state index in [1.165, 1.54) is 18.7 Å². The molecule has 4 heterocycles. The van der Waals surface area contributed by atoms with Gasteiger partial charge in [0, 0.05) is 50.7 Å². The van der Waals surface area contributed by atoms with Gasteiger partial charge in [-0.3, -0.25) is 4.98 Å². The fraction of sp³-hybridized carbons (Fsp3) is 0.348. The molecule has 0 aliphatic carbocycles. The maximum atomic E-state index is 4.51. The van der Waals surface area contributed by atoms with E-state index in [2.05, 4.69) is 55.3 Å². The molecule has 28 heavy (non-hydrogen) atoms. The molecule has 142 valence electrons. The normalized spacial score (nSPS) is 21.8. The highest BCUT2D eigenvalue weighted by Crippen LogP contribution is 2.33. The van der Waals surface area contributed by atoms with Crippen molar-refractivity contribution in [1.29, 1.82) is 0 Å². The fourth-order valence-electron chi connectivity index (χ4n) is 4.55. The number of hydrogen-bond donors (Lipinski definition) is 0. The van der Waals surface area contributed by atoms with Crippen LogP contribution in [0.5, 0.6) is 0 Å². The van der Waals surface area contributed by atoms with Crippen LogP contribution in [0, 0.1) is 11.8 Å². The third kappa shape index (κ3) is 3.62. The highest BCUT2D eigenvalue weighted by molar-refractivity contribution is 5.59. The smallest absolute Gasteiger partial charge is 0.151 e. The molecule has 0 saturated carbocycles. The van der Waals surface area contributed by atoms with Gasteiger partial charge in [0.15, 0.2) is 5.82 Å². The van der Waals surface area contributed by atoms with E-state index in [9.17, 15) is 0 Å². The zero-order chi connectivity index (χ0) is 18.8. The predicted molar refractivity (Wildman–Crippen MR) is 111 cm³/mol. The van der Waals surface area contributed by atoms with Crippen LogP contribution in [-0.2, 0) is 6.42 Å². The number of benzene rings is 1. The molecular formula is C23H25N5. The van der Waals surface area contributed by atoms with Gasteiger partial charge in [-0.05, 0) is 42.0 Å². The van der Waals surface area contributed by atoms with Gasteiger partial charge in [-0.25, -0.2) is 0 Å². The monoisotopic (exact) mass is 371 g/mol. The first-order chi connectivity index (χ1) is 13.8. The van der Waals surface area contributed by atoms with Crippen LogP contribution in [0.1, 0.15) is 5.56 Å². The first kappa shape index (κ1) is 17.3. The summed E-state index contributed by atoms with van der Waals surface area (Å²) >= 11 is 0. The van der Waals surface area contributed by atoms with Crippen molar-refractivity contribution < 1.29 is 0 Å². The molecule has 2 fully saturated rings. The van der Waals surface area contributed by atoms with Crippen LogP contribution in [0.2, 0.25) is 0 Å². The van der Waals surface area contributed by atoms with E-state index in [1.807, 2.05) is 36.7 Å². The molecule has 2 atom stereocenters. The van der Waals surface area contributed by atoms with Gasteiger partial charge in [0.1, 0.15) is 0 Å². The summed E-state index contributed by atoms with van der Waals surface area (Å²) in [5, 5.41) is 8.97. The van der Waals surface area contributed by atoms with Crippen LogP contribution in [0.25, 0.3) is 11.3 Å². The van der Waals surface area contributed by atoms with Gasteiger partial charge in [-0.15, -0.1) is 10.2 Å². The first-order valence-corrected chi connectivity index (χ1v) is 10.1. The van der Waals surface area contributed by atoms with Gasteiger partial charge >= 0.3 is 0 Å². The summed E-state index contributed by atoms with van der Waals surface area (Å²) in [6, 6.07) is 18.6. The van der Waals surface area contributed by atoms with E-state index >= 15 is 0 Å². The molecule has 0 bridgehead atoms. The lowest BCUT2D eigenvalue weighted by atomic mass is 10.0. The molecule has 5 nitrogen and oxygen atoms in total. The Bertz CT molecular complexity index is 883. The maximum Gasteiger partial charge on any atom is 0.151 e. The molecule has 0 amide bonds. The average molecular weight is 371 g/mol. The average Bonchev–Trinajstić information content (AvgIpc) is 3.33. The van der Waals surface area contributed by atoms with E-state index in [1.54, 1.807) is 0 Å². The van der Waals surface area contributed by atoms with Crippen LogP contribution >= 0.6 is 0 Å². The molecular weight excluding hydrogens is 346 g/mol. The third-order valence-electron chi connectivity index (χ3n) is 6.05. The second-order valence-electron chi connectivity index (χ2n) is 7.94. The summed E-state index contributed by atoms with van der Waals surface area (Å²) in [5.41, 5.74) is 3.38. The standard InChI is InChI=1S/C23H25N5/c1-2-6-19(7-3-1)22-8-9-23(26-25-22)28-16-20-14-27(15-21(20)17-28)12-10-18-5-4-11-24-13-18/h1-9,11,13,20-21H,10,12,14-17H2. The van der Waals surface area contributed by atoms with Crippen molar-refractivity contribution in [1.82, 2.24) is 20.1 Å². The number of hydrogen-bond acceptors (Lipinski definition) is 5. The van der Waals surface area contributed by atoms with E-state index < -0.39 is 0 Å². The first-order valence-electron chi connectivity index (χ1n) is 10.1. The minimum atomic E-state index is 0.740. The zero-order valence-corrected chi connectivity index (χ0v) is 16.0. The van der Waals surface area contributed by atoms with Crippen molar-refractivity contribution in [2.75, 3.05) is 37.6 Å². The Morgan fingerprint density at radius 2 is 1.64 bits per heavy atom. The highest BCUT2D eigenvalue weighted by atomic mass is 15.3. The molecule has 0 radical (unpaired) electrons. The quantitative estimate of drug-likeness (QED) is 0.689. The summed E-state index contributed by atoms with van der Waals surface area (Å²) in [7, 11) is 0. The van der Waals surface area contributed by atoms with Crippen LogP contribution in [-0.4, -0.2) is 52.8 Å². The van der Waals surface area contributed by atoms with Gasteiger partial charge < -0.3 is 9.80 Å². The van der Waals surface area contributed by atoms with Crippen molar-refractivity contribution in [3.8, 4) is 11.3 Å². The summed E-state index contributed by atoms with van der Waals surface area (Å²) < 4.78 is 0. The lowest BCUT2D eigenvalue weighted by Gasteiger charge is -2.22. The minimum Gasteiger partial charge on any atom is -0.354 e. The van der Waals surface area contributed by atoms with Crippen molar-refractivity contribution >= 4 is 5.82 Å². The van der Waals surface area contributed by atoms with Gasteiger partial charge in [-0.2, -0.15) is 0 Å². The number of pyridine rings is 1. The number of nitrogens with zero attached hydrogens (tertiary/aromatic N) is 5. The molecule has 0 spiro atoms. The molecule has 5 heteroatoms. The third-order valence-corrected chi connectivity index (χ3v) is 6.05. The Labute approximate surface area is 166 Å². The summed E-state index contributed by atoms with van der Waals surface area (Å²) in [4.78, 5) is 9.25. The second kappa shape index (κ2) is 7.68. The summed E-state index contributed by atoms with van der Waals surface area (Å²) in [6.45, 7) is 5.69. The Morgan fingerprint density at radius 3 is 2.32 bits per heavy atom. The van der Waals surface area contributed by atoms with Crippen LogP contribution in [0.3, 0.4) is 0 Å². The van der Waals surface area contributed by atoms with E-state index in [0.29, 0.717) is 0 Å². The molecule has 0 N–H and O–H groups in total. The minimum absolute atomic E-state index is 0.740. The van der Waals surface area contributed by atoms with Crippen molar-refractivity contribution in [3.05, 3.63) is 72.6 Å². The second-order valence-corrected chi connectivity index (χ2v) is 7.94. The Kier molecular flexibility index (Phi) is 4.75. The predicted octanol–water partition coefficient (Wildman–Crippen LogP) is 3.15. The van der Waals surface area contributed by atoms with Crippen LogP contribution in [0.4, 0.5) is 5.82 Å². The fourth-order valence-corrected chi connectivity index (χ4v) is 4.55. The molecule has 5 rings (SSSR count). The molecule has 1 aromatic carbocycles. The van der Waals surface area contributed by atoms with Crippen LogP contribution < -0.4 is 4.90 Å². The van der Waals surface area contributed by atoms with E-state index in [-0.39, 0.29) is 0 Å². The number of anilines is 1. The molecule has 2 aliphatic heterocycles. The lowest BCUT2D eigenvalue weighted by molar-refractivity contribution is 0.320. The molecule has 2 aliphatic rings. The number of likely N-dealkylation sites (tertiary alicyclic amines) is 1. The largest absolute Gasteiger partial charge is 0.354 e. The van der Waals surface area contributed by atoms with Gasteiger partial charge in [0.2, 0.25) is 0 Å². The number of fused-ring (bicyclic) bond motifs is 1. The molecule has 3 aromatic rings. The lowest BCUT2D eigenvalue weighted by Crippen LogP contribution is -2.30. The Hall–Kier alpha value is -2.79. The molecule has 2 saturated heterocycles. The molecule has 2 unspecified atom stereocenters. The van der Waals surface area contributed by atoms with Gasteiger partial charge in [0.25, 0.3) is 0 Å². The van der Waals surface area contributed by atoms with Crippen LogP contribution in [0.15, 0.2) is 67.0 Å². The van der Waals surface area contributed by atoms with Crippen molar-refractivity contribution in [2.45, 2.75) is 6.42 Å². The molecule has 2 aromatic heterocycles. The number of aromatic nitrogens is 3. The van der Waals surface area contributed by atoms with Crippen molar-refractivity contribution in [3.63, 3.8) is 0 Å². The zero-order valence-electron chi connectivity index (χ0n) is 16.0. The van der Waals surface area contributed by atoms with E-state index in [0.717, 1.165) is 55.0 Å². The Morgan fingerprint density at radius 1 is 0.821 bits per heavy atom. The number of rotatable bonds is 5. The summed E-state index contributed by atoms with van der Waals surface area (Å²) in [6.07, 6.45) is 4.91. The topological polar surface area (TPSA) is 45.2 Å². The SMILES string of the molecule is c1ccc(-c2ccc(N3CC4CN(CCc5cccnc5)CC4C3)nn2)cc1. The summed E-state index contributed by atoms with van der Waals surface area (Å²) in [5.74, 6) is 2.49. The Balaban J connectivity index is 1.17. The van der Waals surface area contributed by atoms with Crippen molar-refractivity contribution in [2.24, 2.45) is 11.8 Å². The van der Waals surface area contributed by atoms with Gasteiger partial charge in [-0.1, -0.05) is 36.4 Å². The maximum absolute atomic E-state index is 4.51. The van der Waals surface area contributed by atoms with Gasteiger partial charge in [0.05, 0.1) is 5.69 Å². The van der Waals surface area contributed by atoms with E-state index in [4.69, 9.17) is 0 Å². The highest BCUT2D eigenvalue weighted by Gasteiger charge is 2.40.